The summed E-state index contributed by atoms with van der Waals surface area (Å²) in [6, 6.07) is 1.69. The van der Waals surface area contributed by atoms with Crippen molar-refractivity contribution in [1.29, 1.82) is 0 Å². The Kier molecular flexibility index (Phi) is 5.23. The number of methoxy groups -OCH3 is 2. The maximum Gasteiger partial charge on any atom is 0.376 e. The van der Waals surface area contributed by atoms with Crippen molar-refractivity contribution in [3.8, 4) is 0 Å². The number of hydrogen-bond acceptors (Lipinski definition) is 7. The van der Waals surface area contributed by atoms with Gasteiger partial charge in [0.25, 0.3) is 0 Å². The summed E-state index contributed by atoms with van der Waals surface area (Å²) in [6.45, 7) is 4.22. The molecule has 0 aromatic carbocycles. The molecule has 104 valence electrons. The molecule has 1 aromatic heterocycles. The molecule has 7 heteroatoms. The van der Waals surface area contributed by atoms with Gasteiger partial charge in [0.05, 0.1) is 14.2 Å². The zero-order valence-corrected chi connectivity index (χ0v) is 11.5. The Bertz CT molecular complexity index is 476. The number of carbonyl (C=O) groups is 2. The molecule has 19 heavy (non-hydrogen) atoms. The molecule has 0 fully saturated rings. The standard InChI is InChI=1S/C12H17N3O4/c1-5-15(7-10(16)18-3)9-6-8(2)13-11(14-9)12(17)19-4/h6H,5,7H2,1-4H3. The second-order valence-corrected chi connectivity index (χ2v) is 3.77. The molecule has 0 saturated heterocycles. The smallest absolute Gasteiger partial charge is 0.376 e. The van der Waals surface area contributed by atoms with Crippen LogP contribution in [0.2, 0.25) is 0 Å². The topological polar surface area (TPSA) is 81.6 Å². The summed E-state index contributed by atoms with van der Waals surface area (Å²) in [7, 11) is 2.58. The number of rotatable bonds is 5. The minimum Gasteiger partial charge on any atom is -0.468 e. The van der Waals surface area contributed by atoms with Crippen LogP contribution in [0.4, 0.5) is 5.82 Å². The molecule has 0 unspecified atom stereocenters. The number of anilines is 1. The SMILES string of the molecule is CCN(CC(=O)OC)c1cc(C)nc(C(=O)OC)n1. The van der Waals surface area contributed by atoms with Crippen molar-refractivity contribution < 1.29 is 19.1 Å². The summed E-state index contributed by atoms with van der Waals surface area (Å²) in [5.74, 6) is -0.529. The van der Waals surface area contributed by atoms with Gasteiger partial charge in [-0.05, 0) is 13.8 Å². The molecule has 1 aromatic rings. The number of aromatic nitrogens is 2. The molecule has 1 heterocycles. The van der Waals surface area contributed by atoms with Crippen molar-refractivity contribution in [1.82, 2.24) is 9.97 Å². The quantitative estimate of drug-likeness (QED) is 0.721. The number of likely N-dealkylation sites (N-methyl/N-ethyl adjacent to an activating group) is 1. The van der Waals surface area contributed by atoms with Gasteiger partial charge in [0.2, 0.25) is 5.82 Å². The predicted octanol–water partition coefficient (Wildman–Crippen LogP) is 0.571. The average Bonchev–Trinajstić information content (AvgIpc) is 2.42. The van der Waals surface area contributed by atoms with Gasteiger partial charge in [-0.15, -0.1) is 0 Å². The van der Waals surface area contributed by atoms with E-state index >= 15 is 0 Å². The van der Waals surface area contributed by atoms with Gasteiger partial charge >= 0.3 is 11.9 Å². The highest BCUT2D eigenvalue weighted by atomic mass is 16.5. The van der Waals surface area contributed by atoms with E-state index in [4.69, 9.17) is 0 Å². The average molecular weight is 267 g/mol. The molecule has 0 saturated carbocycles. The first-order chi connectivity index (χ1) is 9.01. The largest absolute Gasteiger partial charge is 0.468 e. The lowest BCUT2D eigenvalue weighted by molar-refractivity contribution is -0.138. The van der Waals surface area contributed by atoms with E-state index in [0.29, 0.717) is 18.1 Å². The van der Waals surface area contributed by atoms with Crippen LogP contribution in [0, 0.1) is 6.92 Å². The Morgan fingerprint density at radius 2 is 1.95 bits per heavy atom. The summed E-state index contributed by atoms with van der Waals surface area (Å²) in [4.78, 5) is 32.5. The van der Waals surface area contributed by atoms with Crippen LogP contribution in [-0.4, -0.2) is 49.2 Å². The van der Waals surface area contributed by atoms with E-state index in [1.54, 1.807) is 17.9 Å². The van der Waals surface area contributed by atoms with E-state index in [0.717, 1.165) is 0 Å². The molecule has 0 atom stereocenters. The van der Waals surface area contributed by atoms with Crippen LogP contribution in [0.25, 0.3) is 0 Å². The van der Waals surface area contributed by atoms with Gasteiger partial charge < -0.3 is 14.4 Å². The number of ether oxygens (including phenoxy) is 2. The van der Waals surface area contributed by atoms with Crippen molar-refractivity contribution in [2.24, 2.45) is 0 Å². The Labute approximate surface area is 111 Å². The molecule has 0 aliphatic heterocycles. The third kappa shape index (κ3) is 3.90. The van der Waals surface area contributed by atoms with E-state index in [9.17, 15) is 9.59 Å². The predicted molar refractivity (Wildman–Crippen MR) is 68.0 cm³/mol. The van der Waals surface area contributed by atoms with Gasteiger partial charge in [-0.25, -0.2) is 14.8 Å². The third-order valence-corrected chi connectivity index (χ3v) is 2.46. The van der Waals surface area contributed by atoms with Gasteiger partial charge in [0.1, 0.15) is 12.4 Å². The lowest BCUT2D eigenvalue weighted by atomic mass is 10.3. The number of esters is 2. The van der Waals surface area contributed by atoms with E-state index in [2.05, 4.69) is 19.4 Å². The number of hydrogen-bond donors (Lipinski definition) is 0. The van der Waals surface area contributed by atoms with E-state index in [1.807, 2.05) is 6.92 Å². The second-order valence-electron chi connectivity index (χ2n) is 3.77. The summed E-state index contributed by atoms with van der Waals surface area (Å²) in [5.41, 5.74) is 0.619. The number of aryl methyl sites for hydroxylation is 1. The Morgan fingerprint density at radius 1 is 1.26 bits per heavy atom. The lowest BCUT2D eigenvalue weighted by Gasteiger charge is -2.20. The summed E-state index contributed by atoms with van der Waals surface area (Å²) in [5, 5.41) is 0. The fourth-order valence-corrected chi connectivity index (χ4v) is 1.47. The molecule has 0 spiro atoms. The number of carbonyl (C=O) groups excluding carboxylic acids is 2. The second kappa shape index (κ2) is 6.67. The fraction of sp³-hybridized carbons (Fsp3) is 0.500. The van der Waals surface area contributed by atoms with Crippen molar-refractivity contribution in [2.45, 2.75) is 13.8 Å². The molecular formula is C12H17N3O4. The third-order valence-electron chi connectivity index (χ3n) is 2.46. The normalized spacial score (nSPS) is 9.89. The molecular weight excluding hydrogens is 250 g/mol. The van der Waals surface area contributed by atoms with Crippen LogP contribution >= 0.6 is 0 Å². The first kappa shape index (κ1) is 14.9. The summed E-state index contributed by atoms with van der Waals surface area (Å²) < 4.78 is 9.21. The van der Waals surface area contributed by atoms with Crippen molar-refractivity contribution >= 4 is 17.8 Å². The minimum absolute atomic E-state index is 0.0270. The molecule has 7 nitrogen and oxygen atoms in total. The van der Waals surface area contributed by atoms with Gasteiger partial charge in [-0.1, -0.05) is 0 Å². The molecule has 0 bridgehead atoms. The minimum atomic E-state index is -0.612. The fourth-order valence-electron chi connectivity index (χ4n) is 1.47. The van der Waals surface area contributed by atoms with Crippen molar-refractivity contribution in [3.05, 3.63) is 17.6 Å². The van der Waals surface area contributed by atoms with Crippen LogP contribution in [0.3, 0.4) is 0 Å². The van der Waals surface area contributed by atoms with Crippen LogP contribution < -0.4 is 4.90 Å². The Balaban J connectivity index is 3.06. The van der Waals surface area contributed by atoms with E-state index in [-0.39, 0.29) is 18.3 Å². The molecule has 0 N–H and O–H groups in total. The summed E-state index contributed by atoms with van der Waals surface area (Å²) in [6.07, 6.45) is 0. The van der Waals surface area contributed by atoms with E-state index in [1.165, 1.54) is 14.2 Å². The van der Waals surface area contributed by atoms with Crippen molar-refractivity contribution in [3.63, 3.8) is 0 Å². The van der Waals surface area contributed by atoms with Crippen LogP contribution in [0.5, 0.6) is 0 Å². The maximum absolute atomic E-state index is 11.4. The van der Waals surface area contributed by atoms with Crippen LogP contribution in [-0.2, 0) is 14.3 Å². The molecule has 0 aliphatic carbocycles. The molecule has 0 radical (unpaired) electrons. The highest BCUT2D eigenvalue weighted by molar-refractivity contribution is 5.85. The van der Waals surface area contributed by atoms with Crippen LogP contribution in [0.1, 0.15) is 23.2 Å². The zero-order valence-electron chi connectivity index (χ0n) is 11.5. The molecule has 0 amide bonds. The molecule has 1 rings (SSSR count). The van der Waals surface area contributed by atoms with E-state index < -0.39 is 5.97 Å². The van der Waals surface area contributed by atoms with Gasteiger partial charge in [0, 0.05) is 18.3 Å². The lowest BCUT2D eigenvalue weighted by Crippen LogP contribution is -2.31. The Hall–Kier alpha value is -2.18. The molecule has 0 aliphatic rings. The monoisotopic (exact) mass is 267 g/mol. The van der Waals surface area contributed by atoms with Crippen molar-refractivity contribution in [2.75, 3.05) is 32.2 Å². The Morgan fingerprint density at radius 3 is 2.47 bits per heavy atom. The highest BCUT2D eigenvalue weighted by Gasteiger charge is 2.16. The summed E-state index contributed by atoms with van der Waals surface area (Å²) >= 11 is 0. The highest BCUT2D eigenvalue weighted by Crippen LogP contribution is 2.13. The zero-order chi connectivity index (χ0) is 14.4. The van der Waals surface area contributed by atoms with Gasteiger partial charge in [-0.3, -0.25) is 4.79 Å². The van der Waals surface area contributed by atoms with Crippen LogP contribution in [0.15, 0.2) is 6.07 Å². The van der Waals surface area contributed by atoms with Gasteiger partial charge in [-0.2, -0.15) is 0 Å². The maximum atomic E-state index is 11.4. The first-order valence-electron chi connectivity index (χ1n) is 5.77. The number of nitrogens with zero attached hydrogens (tertiary/aromatic N) is 3. The van der Waals surface area contributed by atoms with Gasteiger partial charge in [0.15, 0.2) is 0 Å². The first-order valence-corrected chi connectivity index (χ1v) is 5.77.